The molecular weight excluding hydrogens is 358 g/mol. The molecule has 1 aromatic heterocycles. The molecule has 2 atom stereocenters. The standard InChI is InChI=1S/C18H18F6N2/c1-10(14-7-2-3-8-25-14)12-9-15(18(22,23)24)26-16-11(12)5-4-6-13(16)17(19,20)21/h4-6,9-10,14,25H,2-3,7-8H2,1H3. The maximum Gasteiger partial charge on any atom is 0.433 e. The van der Waals surface area contributed by atoms with Crippen molar-refractivity contribution in [2.24, 2.45) is 0 Å². The van der Waals surface area contributed by atoms with Crippen LogP contribution in [0.2, 0.25) is 0 Å². The van der Waals surface area contributed by atoms with Gasteiger partial charge in [0.15, 0.2) is 0 Å². The van der Waals surface area contributed by atoms with Gasteiger partial charge in [-0.25, -0.2) is 4.98 Å². The molecule has 1 fully saturated rings. The SMILES string of the molecule is CC(c1cc(C(F)(F)F)nc2c(C(F)(F)F)cccc12)C1CCCCN1. The number of pyridine rings is 1. The maximum absolute atomic E-state index is 13.3. The first kappa shape index (κ1) is 18.9. The van der Waals surface area contributed by atoms with Crippen LogP contribution in [0.1, 0.15) is 48.9 Å². The Morgan fingerprint density at radius 3 is 2.38 bits per heavy atom. The molecule has 1 N–H and O–H groups in total. The van der Waals surface area contributed by atoms with Crippen molar-refractivity contribution in [1.29, 1.82) is 0 Å². The van der Waals surface area contributed by atoms with Gasteiger partial charge in [0, 0.05) is 11.4 Å². The van der Waals surface area contributed by atoms with Gasteiger partial charge >= 0.3 is 12.4 Å². The first-order valence-corrected chi connectivity index (χ1v) is 8.40. The summed E-state index contributed by atoms with van der Waals surface area (Å²) in [6, 6.07) is 4.20. The number of benzene rings is 1. The number of halogens is 6. The Balaban J connectivity index is 2.23. The van der Waals surface area contributed by atoms with E-state index in [-0.39, 0.29) is 22.9 Å². The zero-order valence-electron chi connectivity index (χ0n) is 14.0. The summed E-state index contributed by atoms with van der Waals surface area (Å²) in [4.78, 5) is 3.34. The van der Waals surface area contributed by atoms with Crippen LogP contribution in [0.15, 0.2) is 24.3 Å². The molecule has 0 radical (unpaired) electrons. The van der Waals surface area contributed by atoms with Gasteiger partial charge in [0.1, 0.15) is 5.69 Å². The number of hydrogen-bond acceptors (Lipinski definition) is 2. The molecule has 0 amide bonds. The van der Waals surface area contributed by atoms with E-state index in [1.165, 1.54) is 12.1 Å². The first-order valence-electron chi connectivity index (χ1n) is 8.40. The second-order valence-electron chi connectivity index (χ2n) is 6.64. The quantitative estimate of drug-likeness (QED) is 0.699. The van der Waals surface area contributed by atoms with Gasteiger partial charge in [-0.2, -0.15) is 26.3 Å². The van der Waals surface area contributed by atoms with Crippen molar-refractivity contribution in [3.8, 4) is 0 Å². The first-order chi connectivity index (χ1) is 12.1. The van der Waals surface area contributed by atoms with E-state index in [0.717, 1.165) is 37.9 Å². The fraction of sp³-hybridized carbons (Fsp3) is 0.500. The minimum atomic E-state index is -4.82. The Morgan fingerprint density at radius 1 is 1.08 bits per heavy atom. The van der Waals surface area contributed by atoms with Crippen LogP contribution in [0.3, 0.4) is 0 Å². The van der Waals surface area contributed by atoms with Crippen LogP contribution in [-0.4, -0.2) is 17.6 Å². The Hall–Kier alpha value is -1.83. The van der Waals surface area contributed by atoms with Crippen molar-refractivity contribution in [3.63, 3.8) is 0 Å². The molecule has 3 rings (SSSR count). The van der Waals surface area contributed by atoms with Crippen LogP contribution < -0.4 is 5.32 Å². The fourth-order valence-electron chi connectivity index (χ4n) is 3.55. The smallest absolute Gasteiger partial charge is 0.313 e. The summed E-state index contributed by atoms with van der Waals surface area (Å²) in [6.07, 6.45) is -6.91. The van der Waals surface area contributed by atoms with Crippen molar-refractivity contribution in [2.45, 2.75) is 50.5 Å². The van der Waals surface area contributed by atoms with Gasteiger partial charge in [-0.1, -0.05) is 25.5 Å². The molecule has 1 aromatic carbocycles. The van der Waals surface area contributed by atoms with Crippen LogP contribution in [0.25, 0.3) is 10.9 Å². The van der Waals surface area contributed by atoms with Gasteiger partial charge in [0.2, 0.25) is 0 Å². The zero-order chi connectivity index (χ0) is 19.1. The number of rotatable bonds is 2. The highest BCUT2D eigenvalue weighted by Crippen LogP contribution is 2.40. The number of nitrogens with one attached hydrogen (secondary N) is 1. The lowest BCUT2D eigenvalue weighted by molar-refractivity contribution is -0.142. The zero-order valence-corrected chi connectivity index (χ0v) is 14.0. The molecule has 2 unspecified atom stereocenters. The van der Waals surface area contributed by atoms with E-state index >= 15 is 0 Å². The molecule has 1 aliphatic rings. The lowest BCUT2D eigenvalue weighted by Gasteiger charge is -2.30. The van der Waals surface area contributed by atoms with E-state index in [0.29, 0.717) is 0 Å². The summed E-state index contributed by atoms with van der Waals surface area (Å²) < 4.78 is 79.7. The molecule has 26 heavy (non-hydrogen) atoms. The minimum absolute atomic E-state index is 0.0787. The van der Waals surface area contributed by atoms with Crippen molar-refractivity contribution in [1.82, 2.24) is 10.3 Å². The van der Waals surface area contributed by atoms with E-state index in [2.05, 4.69) is 10.3 Å². The number of fused-ring (bicyclic) bond motifs is 1. The molecule has 1 saturated heterocycles. The van der Waals surface area contributed by atoms with Crippen molar-refractivity contribution >= 4 is 10.9 Å². The largest absolute Gasteiger partial charge is 0.433 e. The van der Waals surface area contributed by atoms with Gasteiger partial charge in [0.25, 0.3) is 0 Å². The van der Waals surface area contributed by atoms with Crippen LogP contribution in [0.4, 0.5) is 26.3 Å². The second-order valence-corrected chi connectivity index (χ2v) is 6.64. The van der Waals surface area contributed by atoms with E-state index < -0.39 is 29.1 Å². The van der Waals surface area contributed by atoms with Crippen LogP contribution >= 0.6 is 0 Å². The molecule has 142 valence electrons. The molecule has 2 heterocycles. The van der Waals surface area contributed by atoms with E-state index in [9.17, 15) is 26.3 Å². The number of hydrogen-bond donors (Lipinski definition) is 1. The third-order valence-corrected chi connectivity index (χ3v) is 4.91. The van der Waals surface area contributed by atoms with Crippen LogP contribution in [-0.2, 0) is 12.4 Å². The maximum atomic E-state index is 13.3. The summed E-state index contributed by atoms with van der Waals surface area (Å²) in [7, 11) is 0. The van der Waals surface area contributed by atoms with Gasteiger partial charge in [-0.05, 0) is 43.0 Å². The van der Waals surface area contributed by atoms with Gasteiger partial charge in [-0.15, -0.1) is 0 Å². The third kappa shape index (κ3) is 3.65. The van der Waals surface area contributed by atoms with Gasteiger partial charge in [0.05, 0.1) is 11.1 Å². The van der Waals surface area contributed by atoms with Crippen molar-refractivity contribution in [3.05, 3.63) is 41.1 Å². The number of alkyl halides is 6. The topological polar surface area (TPSA) is 24.9 Å². The van der Waals surface area contributed by atoms with Crippen molar-refractivity contribution in [2.75, 3.05) is 6.54 Å². The molecule has 1 aliphatic heterocycles. The summed E-state index contributed by atoms with van der Waals surface area (Å²) in [6.45, 7) is 2.50. The average Bonchev–Trinajstić information content (AvgIpc) is 2.58. The van der Waals surface area contributed by atoms with E-state index in [1.807, 2.05) is 0 Å². The highest BCUT2D eigenvalue weighted by Gasteiger charge is 2.38. The summed E-state index contributed by atoms with van der Waals surface area (Å²) in [5, 5.41) is 3.38. The lowest BCUT2D eigenvalue weighted by Crippen LogP contribution is -2.38. The summed E-state index contributed by atoms with van der Waals surface area (Å²) in [5.74, 6) is -0.370. The minimum Gasteiger partial charge on any atom is -0.313 e. The third-order valence-electron chi connectivity index (χ3n) is 4.91. The van der Waals surface area contributed by atoms with Crippen LogP contribution in [0.5, 0.6) is 0 Å². The second kappa shape index (κ2) is 6.72. The highest BCUT2D eigenvalue weighted by atomic mass is 19.4. The highest BCUT2D eigenvalue weighted by molar-refractivity contribution is 5.86. The number of para-hydroxylation sites is 1. The number of nitrogens with zero attached hydrogens (tertiary/aromatic N) is 1. The molecule has 0 spiro atoms. The predicted molar refractivity (Wildman–Crippen MR) is 85.8 cm³/mol. The Morgan fingerprint density at radius 2 is 1.81 bits per heavy atom. The molecule has 2 aromatic rings. The van der Waals surface area contributed by atoms with Crippen LogP contribution in [0, 0.1) is 0 Å². The normalized spacial score (nSPS) is 20.3. The Labute approximate surface area is 146 Å². The monoisotopic (exact) mass is 376 g/mol. The predicted octanol–water partition coefficient (Wildman–Crippen LogP) is 5.52. The molecular formula is C18H18F6N2. The molecule has 0 saturated carbocycles. The lowest BCUT2D eigenvalue weighted by atomic mass is 9.85. The molecule has 0 aliphatic carbocycles. The Kier molecular flexibility index (Phi) is 4.90. The van der Waals surface area contributed by atoms with E-state index in [4.69, 9.17) is 0 Å². The fourth-order valence-corrected chi connectivity index (χ4v) is 3.55. The average molecular weight is 376 g/mol. The number of aromatic nitrogens is 1. The molecule has 8 heteroatoms. The molecule has 2 nitrogen and oxygen atoms in total. The van der Waals surface area contributed by atoms with E-state index in [1.54, 1.807) is 6.92 Å². The Bertz CT molecular complexity index is 791. The number of piperidine rings is 1. The van der Waals surface area contributed by atoms with Gasteiger partial charge < -0.3 is 5.32 Å². The van der Waals surface area contributed by atoms with Crippen molar-refractivity contribution < 1.29 is 26.3 Å². The summed E-state index contributed by atoms with van der Waals surface area (Å²) >= 11 is 0. The molecule has 0 bridgehead atoms. The summed E-state index contributed by atoms with van der Waals surface area (Å²) in [5.41, 5.74) is -2.84. The van der Waals surface area contributed by atoms with Gasteiger partial charge in [-0.3, -0.25) is 0 Å².